The molecule has 5 rings (SSSR count). The quantitative estimate of drug-likeness (QED) is 0.654. The monoisotopic (exact) mass is 482 g/mol. The summed E-state index contributed by atoms with van der Waals surface area (Å²) in [7, 11) is -3.49. The summed E-state index contributed by atoms with van der Waals surface area (Å²) in [5, 5.41) is 0. The van der Waals surface area contributed by atoms with Crippen molar-refractivity contribution in [2.45, 2.75) is 31.1 Å². The molecule has 2 saturated heterocycles. The van der Waals surface area contributed by atoms with Crippen LogP contribution in [0.4, 0.5) is 5.69 Å². The van der Waals surface area contributed by atoms with Crippen LogP contribution in [0.2, 0.25) is 0 Å². The molecule has 8 heteroatoms. The van der Waals surface area contributed by atoms with Crippen LogP contribution in [0.25, 0.3) is 0 Å². The third kappa shape index (κ3) is 4.85. The zero-order valence-corrected chi connectivity index (χ0v) is 20.8. The molecule has 1 amide bonds. The molecule has 7 nitrogen and oxygen atoms in total. The van der Waals surface area contributed by atoms with Gasteiger partial charge in [-0.1, -0.05) is 18.2 Å². The van der Waals surface area contributed by atoms with Crippen molar-refractivity contribution in [1.29, 1.82) is 0 Å². The highest BCUT2D eigenvalue weighted by atomic mass is 32.2. The van der Waals surface area contributed by atoms with Gasteiger partial charge in [0.15, 0.2) is 0 Å². The van der Waals surface area contributed by atoms with Gasteiger partial charge >= 0.3 is 0 Å². The second-order valence-corrected chi connectivity index (χ2v) is 11.6. The van der Waals surface area contributed by atoms with E-state index < -0.39 is 10.0 Å². The van der Waals surface area contributed by atoms with Gasteiger partial charge in [0.05, 0.1) is 11.4 Å². The lowest BCUT2D eigenvalue weighted by Crippen LogP contribution is -2.54. The molecular formula is C26H34N4O3S. The molecule has 0 spiro atoms. The number of rotatable bonds is 5. The first-order chi connectivity index (χ1) is 16.4. The first-order valence-electron chi connectivity index (χ1n) is 12.3. The molecule has 0 N–H and O–H groups in total. The second-order valence-electron chi connectivity index (χ2n) is 9.67. The molecule has 2 aliphatic heterocycles. The van der Waals surface area contributed by atoms with Crippen LogP contribution in [0.1, 0.15) is 23.1 Å². The number of piperazine rings is 2. The van der Waals surface area contributed by atoms with Crippen LogP contribution < -0.4 is 4.90 Å². The van der Waals surface area contributed by atoms with Gasteiger partial charge in [0.25, 0.3) is 0 Å². The molecule has 3 aliphatic rings. The van der Waals surface area contributed by atoms with Crippen molar-refractivity contribution < 1.29 is 13.2 Å². The van der Waals surface area contributed by atoms with Gasteiger partial charge in [-0.3, -0.25) is 9.69 Å². The Bertz CT molecular complexity index is 1150. The Balaban J connectivity index is 1.11. The molecule has 0 radical (unpaired) electrons. The maximum atomic E-state index is 13.2. The highest BCUT2D eigenvalue weighted by Crippen LogP contribution is 2.27. The molecule has 0 saturated carbocycles. The highest BCUT2D eigenvalue weighted by Gasteiger charge is 2.31. The summed E-state index contributed by atoms with van der Waals surface area (Å²) in [4.78, 5) is 19.7. The molecule has 2 aromatic rings. The average Bonchev–Trinajstić information content (AvgIpc) is 3.33. The number of aryl methyl sites for hydroxylation is 3. The van der Waals surface area contributed by atoms with E-state index in [1.807, 2.05) is 17.0 Å². The predicted molar refractivity (Wildman–Crippen MR) is 134 cm³/mol. The maximum absolute atomic E-state index is 13.2. The minimum absolute atomic E-state index is 0.138. The molecule has 34 heavy (non-hydrogen) atoms. The average molecular weight is 483 g/mol. The fourth-order valence-electron chi connectivity index (χ4n) is 5.32. The summed E-state index contributed by atoms with van der Waals surface area (Å²) in [5.74, 6) is 0.138. The van der Waals surface area contributed by atoms with Crippen molar-refractivity contribution in [2.24, 2.45) is 0 Å². The maximum Gasteiger partial charge on any atom is 0.243 e. The normalized spacial score (nSPS) is 19.9. The molecule has 2 aromatic carbocycles. The van der Waals surface area contributed by atoms with E-state index in [2.05, 4.69) is 41.0 Å². The van der Waals surface area contributed by atoms with Crippen LogP contribution in [0.5, 0.6) is 0 Å². The summed E-state index contributed by atoms with van der Waals surface area (Å²) in [5.41, 5.74) is 4.91. The van der Waals surface area contributed by atoms with Gasteiger partial charge in [-0.25, -0.2) is 8.42 Å². The number of sulfonamides is 1. The minimum Gasteiger partial charge on any atom is -0.368 e. The number of fused-ring (bicyclic) bond motifs is 1. The van der Waals surface area contributed by atoms with Gasteiger partial charge in [0, 0.05) is 58.0 Å². The molecule has 0 bridgehead atoms. The number of hydrogen-bond donors (Lipinski definition) is 0. The zero-order chi connectivity index (χ0) is 23.7. The first-order valence-corrected chi connectivity index (χ1v) is 13.8. The van der Waals surface area contributed by atoms with E-state index in [0.29, 0.717) is 37.6 Å². The van der Waals surface area contributed by atoms with E-state index in [1.54, 1.807) is 10.4 Å². The van der Waals surface area contributed by atoms with Gasteiger partial charge in [0.1, 0.15) is 0 Å². The summed E-state index contributed by atoms with van der Waals surface area (Å²) < 4.78 is 27.9. The molecule has 2 fully saturated rings. The van der Waals surface area contributed by atoms with Crippen LogP contribution in [0.3, 0.4) is 0 Å². The minimum atomic E-state index is -3.49. The van der Waals surface area contributed by atoms with Crippen molar-refractivity contribution >= 4 is 21.6 Å². The SMILES string of the molecule is Cc1cccc(N2CCN(C(=O)CN3CCN(S(=O)(=O)c4ccc5c(c4)CCC5)CC3)CC2)c1. The summed E-state index contributed by atoms with van der Waals surface area (Å²) in [6.07, 6.45) is 3.11. The number of nitrogens with zero attached hydrogens (tertiary/aromatic N) is 4. The van der Waals surface area contributed by atoms with Crippen LogP contribution in [0, 0.1) is 6.92 Å². The Morgan fingerprint density at radius 2 is 1.59 bits per heavy atom. The van der Waals surface area contributed by atoms with Crippen molar-refractivity contribution in [3.63, 3.8) is 0 Å². The topological polar surface area (TPSA) is 64.2 Å². The fraction of sp³-hybridized carbons (Fsp3) is 0.500. The van der Waals surface area contributed by atoms with E-state index >= 15 is 0 Å². The Hall–Kier alpha value is -2.42. The van der Waals surface area contributed by atoms with Crippen molar-refractivity contribution in [3.8, 4) is 0 Å². The standard InChI is InChI=1S/C26H34N4O3S/c1-21-4-2-7-24(18-21)28-12-14-29(15-13-28)26(31)20-27-10-16-30(17-11-27)34(32,33)25-9-8-22-5-3-6-23(22)19-25/h2,4,7-9,18-19H,3,5-6,10-17,20H2,1H3. The largest absolute Gasteiger partial charge is 0.368 e. The smallest absolute Gasteiger partial charge is 0.243 e. The highest BCUT2D eigenvalue weighted by molar-refractivity contribution is 7.89. The summed E-state index contributed by atoms with van der Waals surface area (Å²) in [6, 6.07) is 14.1. The molecule has 182 valence electrons. The van der Waals surface area contributed by atoms with Crippen LogP contribution in [-0.2, 0) is 27.7 Å². The van der Waals surface area contributed by atoms with E-state index in [0.717, 1.165) is 45.4 Å². The van der Waals surface area contributed by atoms with E-state index in [9.17, 15) is 13.2 Å². The van der Waals surface area contributed by atoms with Crippen LogP contribution in [0.15, 0.2) is 47.4 Å². The van der Waals surface area contributed by atoms with E-state index in [4.69, 9.17) is 0 Å². The van der Waals surface area contributed by atoms with Gasteiger partial charge < -0.3 is 9.80 Å². The van der Waals surface area contributed by atoms with Gasteiger partial charge in [-0.05, 0) is 67.1 Å². The van der Waals surface area contributed by atoms with Gasteiger partial charge in [0.2, 0.25) is 15.9 Å². The first kappa shape index (κ1) is 23.3. The van der Waals surface area contributed by atoms with E-state index in [1.165, 1.54) is 22.4 Å². The predicted octanol–water partition coefficient (Wildman–Crippen LogP) is 2.14. The molecular weight excluding hydrogens is 448 g/mol. The number of carbonyl (C=O) groups excluding carboxylic acids is 1. The van der Waals surface area contributed by atoms with Crippen molar-refractivity contribution in [3.05, 3.63) is 59.2 Å². The number of carbonyl (C=O) groups is 1. The van der Waals surface area contributed by atoms with Gasteiger partial charge in [-0.15, -0.1) is 0 Å². The zero-order valence-electron chi connectivity index (χ0n) is 19.9. The number of amides is 1. The molecule has 0 unspecified atom stereocenters. The van der Waals surface area contributed by atoms with Gasteiger partial charge in [-0.2, -0.15) is 4.31 Å². The number of benzene rings is 2. The molecule has 1 aliphatic carbocycles. The number of hydrogen-bond acceptors (Lipinski definition) is 5. The summed E-state index contributed by atoms with van der Waals surface area (Å²) in [6.45, 7) is 7.58. The lowest BCUT2D eigenvalue weighted by atomic mass is 10.1. The Morgan fingerprint density at radius 3 is 2.32 bits per heavy atom. The fourth-order valence-corrected chi connectivity index (χ4v) is 6.79. The Kier molecular flexibility index (Phi) is 6.64. The third-order valence-corrected chi connectivity index (χ3v) is 9.29. The van der Waals surface area contributed by atoms with E-state index in [-0.39, 0.29) is 5.91 Å². The Morgan fingerprint density at radius 1 is 0.853 bits per heavy atom. The number of anilines is 1. The lowest BCUT2D eigenvalue weighted by Gasteiger charge is -2.38. The summed E-state index contributed by atoms with van der Waals surface area (Å²) >= 11 is 0. The van der Waals surface area contributed by atoms with Crippen LogP contribution >= 0.6 is 0 Å². The molecule has 0 atom stereocenters. The van der Waals surface area contributed by atoms with Crippen LogP contribution in [-0.4, -0.2) is 87.3 Å². The molecule has 2 heterocycles. The second kappa shape index (κ2) is 9.68. The lowest BCUT2D eigenvalue weighted by molar-refractivity contribution is -0.133. The third-order valence-electron chi connectivity index (χ3n) is 7.40. The van der Waals surface area contributed by atoms with Crippen molar-refractivity contribution in [2.75, 3.05) is 63.8 Å². The van der Waals surface area contributed by atoms with Crippen molar-refractivity contribution in [1.82, 2.24) is 14.1 Å². The Labute approximate surface area is 203 Å². The molecule has 0 aromatic heterocycles.